The van der Waals surface area contributed by atoms with E-state index < -0.39 is 0 Å². The highest BCUT2D eigenvalue weighted by molar-refractivity contribution is 9.10. The van der Waals surface area contributed by atoms with Crippen molar-refractivity contribution in [2.75, 3.05) is 11.1 Å². The molecule has 0 saturated carbocycles. The van der Waals surface area contributed by atoms with E-state index in [1.165, 1.54) is 0 Å². The van der Waals surface area contributed by atoms with Crippen molar-refractivity contribution in [3.8, 4) is 6.07 Å². The first-order chi connectivity index (χ1) is 8.70. The van der Waals surface area contributed by atoms with Gasteiger partial charge in [0.15, 0.2) is 0 Å². The van der Waals surface area contributed by atoms with Crippen LogP contribution in [0.3, 0.4) is 0 Å². The van der Waals surface area contributed by atoms with Gasteiger partial charge in [-0.3, -0.25) is 0 Å². The van der Waals surface area contributed by atoms with Crippen LogP contribution >= 0.6 is 15.9 Å². The molecule has 0 heterocycles. The largest absolute Gasteiger partial charge is 0.399 e. The van der Waals surface area contributed by atoms with Crippen LogP contribution < -0.4 is 11.1 Å². The number of nitrogens with zero attached hydrogens (tertiary/aromatic N) is 1. The first kappa shape index (κ1) is 12.5. The normalized spacial score (nSPS) is 9.78. The minimum absolute atomic E-state index is 0.557. The molecule has 0 unspecified atom stereocenters. The molecular formula is C14H12BrN3. The number of nitriles is 1. The molecule has 3 N–H and O–H groups in total. The Labute approximate surface area is 114 Å². The molecule has 4 heteroatoms. The molecule has 0 amide bonds. The molecule has 0 bridgehead atoms. The topological polar surface area (TPSA) is 61.8 Å². The van der Waals surface area contributed by atoms with E-state index in [1.807, 2.05) is 30.3 Å². The fourth-order valence-electron chi connectivity index (χ4n) is 1.64. The summed E-state index contributed by atoms with van der Waals surface area (Å²) in [5, 5.41) is 12.3. The van der Waals surface area contributed by atoms with Gasteiger partial charge in [0.05, 0.1) is 11.3 Å². The fourth-order valence-corrected chi connectivity index (χ4v) is 2.07. The minimum atomic E-state index is 0.557. The van der Waals surface area contributed by atoms with Crippen molar-refractivity contribution in [1.29, 1.82) is 5.26 Å². The van der Waals surface area contributed by atoms with Gasteiger partial charge in [0, 0.05) is 16.7 Å². The summed E-state index contributed by atoms with van der Waals surface area (Å²) in [4.78, 5) is 0. The van der Waals surface area contributed by atoms with Gasteiger partial charge in [0.25, 0.3) is 0 Å². The van der Waals surface area contributed by atoms with Gasteiger partial charge in [-0.1, -0.05) is 34.1 Å². The van der Waals surface area contributed by atoms with Crippen molar-refractivity contribution in [2.24, 2.45) is 0 Å². The number of rotatable bonds is 3. The maximum Gasteiger partial charge on any atom is 0.101 e. The average Bonchev–Trinajstić information content (AvgIpc) is 2.39. The van der Waals surface area contributed by atoms with Crippen molar-refractivity contribution >= 4 is 27.3 Å². The maximum absolute atomic E-state index is 9.04. The summed E-state index contributed by atoms with van der Waals surface area (Å²) in [6, 6.07) is 15.4. The fraction of sp³-hybridized carbons (Fsp3) is 0.0714. The zero-order valence-electron chi connectivity index (χ0n) is 9.65. The highest BCUT2D eigenvalue weighted by atomic mass is 79.9. The van der Waals surface area contributed by atoms with Crippen LogP contribution in [0.25, 0.3) is 0 Å². The number of halogens is 1. The Kier molecular flexibility index (Phi) is 3.85. The van der Waals surface area contributed by atoms with Gasteiger partial charge >= 0.3 is 0 Å². The number of nitrogens with one attached hydrogen (secondary N) is 1. The number of nitrogen functional groups attached to an aromatic ring is 1. The third-order valence-corrected chi connectivity index (χ3v) is 3.36. The van der Waals surface area contributed by atoms with E-state index in [1.54, 1.807) is 12.1 Å². The first-order valence-corrected chi connectivity index (χ1v) is 6.27. The molecule has 0 fully saturated rings. The third kappa shape index (κ3) is 2.82. The van der Waals surface area contributed by atoms with E-state index in [9.17, 15) is 0 Å². The Bertz CT molecular complexity index is 602. The lowest BCUT2D eigenvalue weighted by Crippen LogP contribution is -2.02. The Hall–Kier alpha value is -1.99. The smallest absolute Gasteiger partial charge is 0.101 e. The Morgan fingerprint density at radius 3 is 2.72 bits per heavy atom. The van der Waals surface area contributed by atoms with Crippen molar-refractivity contribution in [3.05, 3.63) is 58.1 Å². The molecule has 0 aliphatic carbocycles. The molecule has 0 spiro atoms. The molecule has 0 saturated heterocycles. The van der Waals surface area contributed by atoms with Gasteiger partial charge in [0.2, 0.25) is 0 Å². The van der Waals surface area contributed by atoms with Crippen LogP contribution in [-0.2, 0) is 6.54 Å². The zero-order chi connectivity index (χ0) is 13.0. The van der Waals surface area contributed by atoms with Gasteiger partial charge in [-0.05, 0) is 29.8 Å². The minimum Gasteiger partial charge on any atom is -0.399 e. The van der Waals surface area contributed by atoms with E-state index >= 15 is 0 Å². The predicted molar refractivity (Wildman–Crippen MR) is 77.0 cm³/mol. The third-order valence-electron chi connectivity index (χ3n) is 2.59. The molecule has 2 rings (SSSR count). The summed E-state index contributed by atoms with van der Waals surface area (Å²) in [6.45, 7) is 0.653. The van der Waals surface area contributed by atoms with Gasteiger partial charge in [-0.2, -0.15) is 5.26 Å². The van der Waals surface area contributed by atoms with Crippen LogP contribution in [-0.4, -0.2) is 0 Å². The average molecular weight is 302 g/mol. The van der Waals surface area contributed by atoms with E-state index in [0.717, 1.165) is 15.7 Å². The molecular weight excluding hydrogens is 290 g/mol. The van der Waals surface area contributed by atoms with Gasteiger partial charge in [0.1, 0.15) is 6.07 Å². The molecule has 0 aliphatic heterocycles. The zero-order valence-corrected chi connectivity index (χ0v) is 11.2. The van der Waals surface area contributed by atoms with E-state index in [2.05, 4.69) is 27.3 Å². The van der Waals surface area contributed by atoms with Crippen LogP contribution in [0.4, 0.5) is 11.4 Å². The number of hydrogen-bond donors (Lipinski definition) is 2. The summed E-state index contributed by atoms with van der Waals surface area (Å²) in [7, 11) is 0. The Morgan fingerprint density at radius 2 is 2.00 bits per heavy atom. The highest BCUT2D eigenvalue weighted by Gasteiger charge is 2.03. The quantitative estimate of drug-likeness (QED) is 0.853. The van der Waals surface area contributed by atoms with E-state index in [0.29, 0.717) is 17.8 Å². The van der Waals surface area contributed by atoms with E-state index in [-0.39, 0.29) is 0 Å². The van der Waals surface area contributed by atoms with Crippen molar-refractivity contribution < 1.29 is 0 Å². The molecule has 0 aromatic heterocycles. The summed E-state index contributed by atoms with van der Waals surface area (Å²) in [5.74, 6) is 0. The Balaban J connectivity index is 2.16. The lowest BCUT2D eigenvalue weighted by Gasteiger charge is -2.10. The standard InChI is InChI=1S/C14H12BrN3/c15-13-4-2-1-3-10(13)9-18-14-6-5-12(17)7-11(14)8-16/h1-7,18H,9,17H2. The van der Waals surface area contributed by atoms with Crippen LogP contribution in [0.15, 0.2) is 46.9 Å². The molecule has 0 aliphatic rings. The SMILES string of the molecule is N#Cc1cc(N)ccc1NCc1ccccc1Br. The first-order valence-electron chi connectivity index (χ1n) is 5.47. The molecule has 18 heavy (non-hydrogen) atoms. The van der Waals surface area contributed by atoms with Crippen molar-refractivity contribution in [2.45, 2.75) is 6.54 Å². The second kappa shape index (κ2) is 5.56. The second-order valence-corrected chi connectivity index (χ2v) is 4.72. The van der Waals surface area contributed by atoms with Crippen LogP contribution in [0.2, 0.25) is 0 Å². The van der Waals surface area contributed by atoms with Crippen molar-refractivity contribution in [1.82, 2.24) is 0 Å². The summed E-state index contributed by atoms with van der Waals surface area (Å²) in [5.41, 5.74) is 8.73. The monoisotopic (exact) mass is 301 g/mol. The van der Waals surface area contributed by atoms with Gasteiger partial charge in [-0.25, -0.2) is 0 Å². The molecule has 2 aromatic rings. The second-order valence-electron chi connectivity index (χ2n) is 3.86. The summed E-state index contributed by atoms with van der Waals surface area (Å²) in [6.07, 6.45) is 0. The molecule has 0 atom stereocenters. The van der Waals surface area contributed by atoms with Crippen LogP contribution in [0.5, 0.6) is 0 Å². The lowest BCUT2D eigenvalue weighted by molar-refractivity contribution is 1.13. The number of hydrogen-bond acceptors (Lipinski definition) is 3. The maximum atomic E-state index is 9.04. The van der Waals surface area contributed by atoms with Gasteiger partial charge < -0.3 is 11.1 Å². The number of anilines is 2. The number of nitrogens with two attached hydrogens (primary N) is 1. The molecule has 2 aromatic carbocycles. The van der Waals surface area contributed by atoms with E-state index in [4.69, 9.17) is 11.0 Å². The summed E-state index contributed by atoms with van der Waals surface area (Å²) >= 11 is 3.49. The number of benzene rings is 2. The lowest BCUT2D eigenvalue weighted by atomic mass is 10.1. The molecule has 3 nitrogen and oxygen atoms in total. The van der Waals surface area contributed by atoms with Crippen LogP contribution in [0, 0.1) is 11.3 Å². The highest BCUT2D eigenvalue weighted by Crippen LogP contribution is 2.21. The van der Waals surface area contributed by atoms with Crippen molar-refractivity contribution in [3.63, 3.8) is 0 Å². The Morgan fingerprint density at radius 1 is 1.22 bits per heavy atom. The predicted octanol–water partition coefficient (Wildman–Crippen LogP) is 3.52. The van der Waals surface area contributed by atoms with Gasteiger partial charge in [-0.15, -0.1) is 0 Å². The molecule has 90 valence electrons. The van der Waals surface area contributed by atoms with Crippen LogP contribution in [0.1, 0.15) is 11.1 Å². The molecule has 0 radical (unpaired) electrons. The summed E-state index contributed by atoms with van der Waals surface area (Å²) < 4.78 is 1.05.